The zero-order valence-corrected chi connectivity index (χ0v) is 21.2. The molecule has 1 amide bonds. The summed E-state index contributed by atoms with van der Waals surface area (Å²) < 4.78 is 54.6. The van der Waals surface area contributed by atoms with Crippen LogP contribution in [-0.2, 0) is 31.3 Å². The predicted molar refractivity (Wildman–Crippen MR) is 136 cm³/mol. The van der Waals surface area contributed by atoms with Crippen molar-refractivity contribution in [1.29, 1.82) is 0 Å². The lowest BCUT2D eigenvalue weighted by Crippen LogP contribution is -2.34. The number of carbonyl (C=O) groups excluding carboxylic acids is 1. The normalized spacial score (nSPS) is 11.7. The lowest BCUT2D eigenvalue weighted by molar-refractivity contribution is -0.121. The molecule has 3 aromatic carbocycles. The Morgan fingerprint density at radius 2 is 1.20 bits per heavy atom. The van der Waals surface area contributed by atoms with E-state index in [1.807, 2.05) is 26.0 Å². The maximum atomic E-state index is 12.6. The second kappa shape index (κ2) is 11.5. The van der Waals surface area contributed by atoms with Crippen molar-refractivity contribution in [2.45, 2.75) is 36.5 Å². The van der Waals surface area contributed by atoms with Crippen molar-refractivity contribution < 1.29 is 21.6 Å². The lowest BCUT2D eigenvalue weighted by Gasteiger charge is -2.10. The zero-order valence-electron chi connectivity index (χ0n) is 19.6. The van der Waals surface area contributed by atoms with Crippen LogP contribution in [0.2, 0.25) is 0 Å². The second-order valence-corrected chi connectivity index (χ2v) is 11.6. The molecule has 0 fully saturated rings. The number of hydrogen-bond acceptors (Lipinski definition) is 5. The van der Waals surface area contributed by atoms with Crippen LogP contribution in [0.15, 0.2) is 82.6 Å². The van der Waals surface area contributed by atoms with Crippen molar-refractivity contribution in [1.82, 2.24) is 10.0 Å². The van der Waals surface area contributed by atoms with Gasteiger partial charge in [0.05, 0.1) is 9.79 Å². The van der Waals surface area contributed by atoms with Gasteiger partial charge in [-0.25, -0.2) is 21.6 Å². The molecule has 0 radical (unpaired) electrons. The Bertz CT molecular complexity index is 1350. The summed E-state index contributed by atoms with van der Waals surface area (Å²) in [5, 5.41) is 2.68. The fraction of sp³-hybridized carbons (Fsp3) is 0.240. The van der Waals surface area contributed by atoms with Gasteiger partial charge in [-0.2, -0.15) is 0 Å². The number of hydrogen-bond donors (Lipinski definition) is 3. The molecule has 3 rings (SSSR count). The average Bonchev–Trinajstić information content (AvgIpc) is 2.82. The van der Waals surface area contributed by atoms with E-state index < -0.39 is 20.0 Å². The van der Waals surface area contributed by atoms with Crippen LogP contribution in [-0.4, -0.2) is 35.8 Å². The van der Waals surface area contributed by atoms with Crippen LogP contribution in [0.25, 0.3) is 0 Å². The Morgan fingerprint density at radius 1 is 0.686 bits per heavy atom. The van der Waals surface area contributed by atoms with Crippen molar-refractivity contribution in [3.05, 3.63) is 89.5 Å². The van der Waals surface area contributed by atoms with E-state index in [9.17, 15) is 21.6 Å². The van der Waals surface area contributed by atoms with Gasteiger partial charge in [-0.3, -0.25) is 9.52 Å². The molecule has 0 atom stereocenters. The molecule has 35 heavy (non-hydrogen) atoms. The lowest BCUT2D eigenvalue weighted by atomic mass is 10.1. The third-order valence-electron chi connectivity index (χ3n) is 5.25. The Morgan fingerprint density at radius 3 is 1.80 bits per heavy atom. The highest BCUT2D eigenvalue weighted by Crippen LogP contribution is 2.17. The molecule has 3 aromatic rings. The van der Waals surface area contributed by atoms with E-state index in [4.69, 9.17) is 0 Å². The second-order valence-electron chi connectivity index (χ2n) is 8.18. The molecule has 0 aliphatic heterocycles. The minimum absolute atomic E-state index is 0.0719. The molecule has 0 saturated carbocycles. The molecular weight excluding hydrogens is 486 g/mol. The Kier molecular flexibility index (Phi) is 8.66. The first-order valence-corrected chi connectivity index (χ1v) is 14.0. The van der Waals surface area contributed by atoms with Crippen LogP contribution in [0.4, 0.5) is 5.69 Å². The number of nitrogens with one attached hydrogen (secondary N) is 3. The van der Waals surface area contributed by atoms with Gasteiger partial charge in [-0.05, 0) is 62.2 Å². The van der Waals surface area contributed by atoms with Gasteiger partial charge in [0.25, 0.3) is 10.0 Å². The van der Waals surface area contributed by atoms with Crippen LogP contribution >= 0.6 is 0 Å². The first kappa shape index (κ1) is 26.4. The number of rotatable bonds is 11. The topological polar surface area (TPSA) is 121 Å². The molecule has 3 N–H and O–H groups in total. The van der Waals surface area contributed by atoms with Gasteiger partial charge in [-0.15, -0.1) is 0 Å². The maximum Gasteiger partial charge on any atom is 0.261 e. The summed E-state index contributed by atoms with van der Waals surface area (Å²) in [6.45, 7) is 4.03. The Balaban J connectivity index is 1.43. The molecule has 186 valence electrons. The molecular formula is C25H29N3O5S2. The smallest absolute Gasteiger partial charge is 0.261 e. The molecule has 0 spiro atoms. The SMILES string of the molecule is Cc1ccc(NS(=O)(=O)c2ccc(CCC(=O)NCCNS(=O)(=O)c3ccc(C)cc3)cc2)cc1. The van der Waals surface area contributed by atoms with Crippen LogP contribution in [0.1, 0.15) is 23.1 Å². The van der Waals surface area contributed by atoms with E-state index in [0.29, 0.717) is 12.1 Å². The van der Waals surface area contributed by atoms with Crippen molar-refractivity contribution in [3.63, 3.8) is 0 Å². The van der Waals surface area contributed by atoms with Crippen LogP contribution < -0.4 is 14.8 Å². The number of carbonyl (C=O) groups is 1. The molecule has 0 heterocycles. The molecule has 0 aromatic heterocycles. The van der Waals surface area contributed by atoms with Crippen LogP contribution in [0.5, 0.6) is 0 Å². The number of aryl methyl sites for hydroxylation is 3. The summed E-state index contributed by atoms with van der Waals surface area (Å²) in [6.07, 6.45) is 0.616. The molecule has 8 nitrogen and oxygen atoms in total. The fourth-order valence-electron chi connectivity index (χ4n) is 3.21. The van der Waals surface area contributed by atoms with E-state index in [2.05, 4.69) is 14.8 Å². The van der Waals surface area contributed by atoms with E-state index in [-0.39, 0.29) is 35.2 Å². The van der Waals surface area contributed by atoms with Gasteiger partial charge >= 0.3 is 0 Å². The Hall–Kier alpha value is -3.21. The van der Waals surface area contributed by atoms with Gasteiger partial charge in [-0.1, -0.05) is 47.5 Å². The first-order chi connectivity index (χ1) is 16.5. The minimum atomic E-state index is -3.71. The van der Waals surface area contributed by atoms with Crippen LogP contribution in [0, 0.1) is 13.8 Å². The molecule has 0 unspecified atom stereocenters. The standard InChI is InChI=1S/C25H29N3O5S2/c1-19-3-10-22(11-4-19)28-35(32,33)24-14-7-21(8-15-24)9-16-25(29)26-17-18-27-34(30,31)23-12-5-20(2)6-13-23/h3-8,10-15,27-28H,9,16-18H2,1-2H3,(H,26,29). The summed E-state index contributed by atoms with van der Waals surface area (Å²) in [6, 6.07) is 19.9. The third kappa shape index (κ3) is 7.91. The largest absolute Gasteiger partial charge is 0.355 e. The predicted octanol–water partition coefficient (Wildman–Crippen LogP) is 3.13. The molecule has 0 aliphatic rings. The average molecular weight is 516 g/mol. The first-order valence-electron chi connectivity index (χ1n) is 11.1. The van der Waals surface area contributed by atoms with Crippen molar-refractivity contribution >= 4 is 31.6 Å². The number of sulfonamides is 2. The highest BCUT2D eigenvalue weighted by atomic mass is 32.2. The fourth-order valence-corrected chi connectivity index (χ4v) is 5.30. The zero-order chi connectivity index (χ0) is 25.5. The van der Waals surface area contributed by atoms with Gasteiger partial charge in [0, 0.05) is 25.2 Å². The highest BCUT2D eigenvalue weighted by Gasteiger charge is 2.15. The van der Waals surface area contributed by atoms with Gasteiger partial charge in [0.2, 0.25) is 15.9 Å². The van der Waals surface area contributed by atoms with E-state index >= 15 is 0 Å². The summed E-state index contributed by atoms with van der Waals surface area (Å²) in [5.74, 6) is -0.225. The van der Waals surface area contributed by atoms with Crippen LogP contribution in [0.3, 0.4) is 0 Å². The number of anilines is 1. The molecule has 0 aliphatic carbocycles. The molecule has 0 bridgehead atoms. The van der Waals surface area contributed by atoms with Crippen molar-refractivity contribution in [3.8, 4) is 0 Å². The Labute approximate surface area is 206 Å². The number of benzene rings is 3. The summed E-state index contributed by atoms with van der Waals surface area (Å²) in [4.78, 5) is 12.4. The monoisotopic (exact) mass is 515 g/mol. The number of amides is 1. The van der Waals surface area contributed by atoms with Gasteiger partial charge < -0.3 is 5.32 Å². The van der Waals surface area contributed by atoms with Gasteiger partial charge in [0.1, 0.15) is 0 Å². The third-order valence-corrected chi connectivity index (χ3v) is 8.12. The summed E-state index contributed by atoms with van der Waals surface area (Å²) in [5.41, 5.74) is 3.29. The highest BCUT2D eigenvalue weighted by molar-refractivity contribution is 7.92. The minimum Gasteiger partial charge on any atom is -0.355 e. The van der Waals surface area contributed by atoms with E-state index in [0.717, 1.165) is 16.7 Å². The van der Waals surface area contributed by atoms with Crippen molar-refractivity contribution in [2.75, 3.05) is 17.8 Å². The van der Waals surface area contributed by atoms with Crippen molar-refractivity contribution in [2.24, 2.45) is 0 Å². The maximum absolute atomic E-state index is 12.6. The quantitative estimate of drug-likeness (QED) is 0.339. The summed E-state index contributed by atoms with van der Waals surface area (Å²) >= 11 is 0. The molecule has 0 saturated heterocycles. The van der Waals surface area contributed by atoms with Gasteiger partial charge in [0.15, 0.2) is 0 Å². The molecule has 10 heteroatoms. The van der Waals surface area contributed by atoms with E-state index in [1.165, 1.54) is 24.3 Å². The summed E-state index contributed by atoms with van der Waals surface area (Å²) in [7, 11) is -7.33. The van der Waals surface area contributed by atoms with E-state index in [1.54, 1.807) is 36.4 Å².